The van der Waals surface area contributed by atoms with Crippen LogP contribution in [0.5, 0.6) is 0 Å². The first-order chi connectivity index (χ1) is 61.1. The first-order valence-corrected chi connectivity index (χ1v) is 42.6. The predicted octanol–water partition coefficient (Wildman–Crippen LogP) is 25.4. The standard InChI is InChI=1S/2C29H29N2.C28H26FN2.C28H27N2/c2*1-18-7-10-21(11-8-18)22-13-14-31(6)27(16-22)24-17-25-23-12-9-20(3)30-28(23)29(4,5)26(25)15-19(24)2;1-17-14-25-24(22-11-6-18(2)30-27(22)28(25,3)4)16-23(17)26-15-20(12-13-31(26)5)19-7-9-21(29)10-8-19;1-18-15-25-24(22-12-11-19(2)29-27(22)28(25,3)4)17-23(18)26-16-21(13-14-30(26)5)20-9-7-6-8-10-20/h2*7-17H,1-6H3;6-16H,1-5H3;6-17H,1-5H3/q4*+1/i;;;3D3,4D3. The monoisotopic (exact) mass is 1620 g/mol. The lowest BCUT2D eigenvalue weighted by atomic mass is 9.83. The zero-order valence-electron chi connectivity index (χ0n) is 80.4. The van der Waals surface area contributed by atoms with Gasteiger partial charge in [-0.2, -0.15) is 0 Å². The third-order valence-electron chi connectivity index (χ3n) is 26.1. The fraction of sp³-hybridized carbons (Fsp3) is 0.228. The molecule has 20 rings (SSSR count). The number of benzene rings is 8. The van der Waals surface area contributed by atoms with E-state index >= 15 is 0 Å². The van der Waals surface area contributed by atoms with Crippen molar-refractivity contribution in [1.82, 2.24) is 19.9 Å². The van der Waals surface area contributed by atoms with E-state index in [0.717, 1.165) is 67.5 Å². The highest BCUT2D eigenvalue weighted by atomic mass is 19.1. The van der Waals surface area contributed by atoms with E-state index in [1.165, 1.54) is 152 Å². The maximum atomic E-state index is 13.4. The molecule has 0 fully saturated rings. The second kappa shape index (κ2) is 31.4. The van der Waals surface area contributed by atoms with E-state index in [-0.39, 0.29) is 27.8 Å². The second-order valence-electron chi connectivity index (χ2n) is 36.1. The first-order valence-electron chi connectivity index (χ1n) is 45.6. The average molecular weight is 1620 g/mol. The van der Waals surface area contributed by atoms with Crippen LogP contribution < -0.4 is 18.3 Å². The molecular weight excluding hydrogens is 1500 g/mol. The van der Waals surface area contributed by atoms with Crippen LogP contribution in [0.4, 0.5) is 4.39 Å². The molecule has 0 bridgehead atoms. The Labute approximate surface area is 735 Å². The third-order valence-corrected chi connectivity index (χ3v) is 26.1. The van der Waals surface area contributed by atoms with E-state index < -0.39 is 19.1 Å². The molecule has 8 aromatic heterocycles. The van der Waals surface area contributed by atoms with E-state index in [0.29, 0.717) is 22.4 Å². The van der Waals surface area contributed by atoms with Gasteiger partial charge in [0.15, 0.2) is 24.8 Å². The summed E-state index contributed by atoms with van der Waals surface area (Å²) in [6.07, 6.45) is 8.40. The molecular formula is C114H111FN8+4. The smallest absolute Gasteiger partial charge is 0.213 e. The van der Waals surface area contributed by atoms with Crippen molar-refractivity contribution < 1.29 is 30.9 Å². The Kier molecular flexibility index (Phi) is 19.1. The summed E-state index contributed by atoms with van der Waals surface area (Å²) < 4.78 is 72.6. The highest BCUT2D eigenvalue weighted by Crippen LogP contribution is 2.54. The molecule has 4 aliphatic carbocycles. The zero-order chi connectivity index (χ0) is 91.8. The topological polar surface area (TPSA) is 67.1 Å². The molecule has 0 spiro atoms. The number of halogens is 1. The van der Waals surface area contributed by atoms with Crippen LogP contribution in [-0.2, 0) is 49.9 Å². The van der Waals surface area contributed by atoms with Crippen molar-refractivity contribution in [3.63, 3.8) is 0 Å². The van der Waals surface area contributed by atoms with E-state index in [2.05, 4.69) is 337 Å². The van der Waals surface area contributed by atoms with Gasteiger partial charge in [-0.25, -0.2) is 22.7 Å². The van der Waals surface area contributed by atoms with Gasteiger partial charge in [0.1, 0.15) is 34.0 Å². The minimum absolute atomic E-state index is 0.0775. The summed E-state index contributed by atoms with van der Waals surface area (Å²) in [6, 6.07) is 86.2. The quantitative estimate of drug-likeness (QED) is 0.142. The van der Waals surface area contributed by atoms with Crippen molar-refractivity contribution in [2.75, 3.05) is 0 Å². The van der Waals surface area contributed by atoms with Crippen molar-refractivity contribution >= 4 is 0 Å². The van der Waals surface area contributed by atoms with Crippen molar-refractivity contribution in [2.45, 2.75) is 146 Å². The Bertz CT molecular complexity index is 6690. The maximum Gasteiger partial charge on any atom is 0.213 e. The summed E-state index contributed by atoms with van der Waals surface area (Å²) in [4.78, 5) is 19.3. The number of aromatic nitrogens is 8. The largest absolute Gasteiger partial charge is 0.257 e. The summed E-state index contributed by atoms with van der Waals surface area (Å²) in [7, 11) is 8.29. The Balaban J connectivity index is 0.000000121. The number of nitrogens with zero attached hydrogens (tertiary/aromatic N) is 8. The van der Waals surface area contributed by atoms with Crippen LogP contribution >= 0.6 is 0 Å². The van der Waals surface area contributed by atoms with Gasteiger partial charge in [-0.15, -0.1) is 0 Å². The molecule has 610 valence electrons. The number of rotatable bonds is 8. The molecule has 0 unspecified atom stereocenters. The zero-order valence-corrected chi connectivity index (χ0v) is 74.4. The summed E-state index contributed by atoms with van der Waals surface area (Å²) >= 11 is 0. The predicted molar refractivity (Wildman–Crippen MR) is 503 cm³/mol. The fourth-order valence-electron chi connectivity index (χ4n) is 18.8. The lowest BCUT2D eigenvalue weighted by Gasteiger charge is -2.21. The summed E-state index contributed by atoms with van der Waals surface area (Å²) in [5.41, 5.74) is 43.8. The van der Waals surface area contributed by atoms with E-state index in [1.54, 1.807) is 25.1 Å². The van der Waals surface area contributed by atoms with Gasteiger partial charge in [0.25, 0.3) is 0 Å². The van der Waals surface area contributed by atoms with Gasteiger partial charge in [0, 0.05) is 146 Å². The minimum Gasteiger partial charge on any atom is -0.257 e. The number of hydrogen-bond acceptors (Lipinski definition) is 4. The van der Waals surface area contributed by atoms with Gasteiger partial charge in [-0.05, 0) is 241 Å². The Morgan fingerprint density at radius 1 is 0.244 bits per heavy atom. The molecule has 0 N–H and O–H groups in total. The molecule has 0 aliphatic heterocycles. The highest BCUT2D eigenvalue weighted by Gasteiger charge is 2.43. The minimum atomic E-state index is -2.83. The number of fused-ring (bicyclic) bond motifs is 12. The molecule has 0 saturated heterocycles. The fourth-order valence-corrected chi connectivity index (χ4v) is 18.8. The van der Waals surface area contributed by atoms with Gasteiger partial charge < -0.3 is 0 Å². The van der Waals surface area contributed by atoms with Crippen molar-refractivity contribution in [3.05, 3.63) is 381 Å². The van der Waals surface area contributed by atoms with Crippen molar-refractivity contribution in [1.29, 1.82) is 0 Å². The Hall–Kier alpha value is -13.1. The summed E-state index contributed by atoms with van der Waals surface area (Å²) in [5.74, 6) is -0.218. The Morgan fingerprint density at radius 2 is 0.488 bits per heavy atom. The van der Waals surface area contributed by atoms with Gasteiger partial charge >= 0.3 is 0 Å². The summed E-state index contributed by atoms with van der Waals surface area (Å²) in [5, 5.41) is 0. The van der Waals surface area contributed by atoms with Crippen molar-refractivity contribution in [3.8, 4) is 134 Å². The van der Waals surface area contributed by atoms with Crippen LogP contribution in [0.15, 0.2) is 274 Å². The molecule has 16 aromatic rings. The molecule has 0 radical (unpaired) electrons. The number of hydrogen-bond donors (Lipinski definition) is 0. The highest BCUT2D eigenvalue weighted by molar-refractivity contribution is 5.89. The molecule has 0 atom stereocenters. The molecule has 0 saturated carbocycles. The van der Waals surface area contributed by atoms with Gasteiger partial charge in [-0.3, -0.25) is 19.9 Å². The van der Waals surface area contributed by atoms with Gasteiger partial charge in [0.2, 0.25) is 22.8 Å². The molecule has 123 heavy (non-hydrogen) atoms. The van der Waals surface area contributed by atoms with Crippen LogP contribution in [0.3, 0.4) is 0 Å². The van der Waals surface area contributed by atoms with Gasteiger partial charge in [0.05, 0.1) is 22.8 Å². The van der Waals surface area contributed by atoms with Crippen LogP contribution in [0.2, 0.25) is 0 Å². The van der Waals surface area contributed by atoms with Crippen LogP contribution in [0.1, 0.15) is 165 Å². The van der Waals surface area contributed by atoms with E-state index in [4.69, 9.17) is 23.2 Å². The SMILES string of the molecule is Cc1ccc(-c2cc[n+](C)c(-c3cc4c(cc3C)C(C)(C)c3nc(C)ccc3-4)c2)cc1.Cc1ccc(-c2cc[n+](C)c(-c3cc4c(cc3C)C(C)(C)c3nc(C)ccc3-4)c2)cc1.Cc1ccc2c(n1)C(C)(C)c1cc(C)c(-c3cc(-c4ccc(F)cc4)cc[n+]3C)cc1-2.[2H]C([2H])([2H])C1(C([2H])([2H])[2H])c2cc(C)c(-c3cc(-c4ccccc4)cc[n+]3C)cc2-c2ccc(C)nc21. The molecule has 9 heteroatoms. The lowest BCUT2D eigenvalue weighted by Crippen LogP contribution is -2.30. The van der Waals surface area contributed by atoms with Crippen LogP contribution in [0.25, 0.3) is 134 Å². The Morgan fingerprint density at radius 3 is 0.756 bits per heavy atom. The van der Waals surface area contributed by atoms with E-state index in [1.807, 2.05) is 61.1 Å². The average Bonchev–Trinajstić information content (AvgIpc) is 1.52. The molecule has 8 heterocycles. The molecule has 8 nitrogen and oxygen atoms in total. The maximum absolute atomic E-state index is 13.4. The number of pyridine rings is 8. The molecule has 8 aromatic carbocycles. The molecule has 4 aliphatic rings. The normalized spacial score (nSPS) is 14.7. The van der Waals surface area contributed by atoms with Crippen LogP contribution in [-0.4, -0.2) is 19.9 Å². The second-order valence-corrected chi connectivity index (χ2v) is 36.1. The summed E-state index contributed by atoms with van der Waals surface area (Å²) in [6.45, 7) is 28.8. The first kappa shape index (κ1) is 74.9. The van der Waals surface area contributed by atoms with Gasteiger partial charge in [-0.1, -0.05) is 206 Å². The number of aryl methyl sites for hydroxylation is 14. The third kappa shape index (κ3) is 14.9. The lowest BCUT2D eigenvalue weighted by molar-refractivity contribution is -0.660. The van der Waals surface area contributed by atoms with Crippen molar-refractivity contribution in [2.24, 2.45) is 28.2 Å². The molecule has 0 amide bonds. The van der Waals surface area contributed by atoms with E-state index in [9.17, 15) is 4.39 Å². The van der Waals surface area contributed by atoms with Crippen LogP contribution in [0, 0.1) is 75.1 Å².